The standard InChI is InChI=1S/C20H34N4.HI/c1-5-21-20(23-19-12-8-9-13-19)22-14-17-10-6-7-11-18(17)15-24(4)16(2)3;/h6-7,10-11,16,19H,5,8-9,12-15H2,1-4H3,(H2,21,22,23);1H. The third kappa shape index (κ3) is 7.52. The number of aliphatic imine (C=N–C) groups is 1. The number of nitrogens with one attached hydrogen (secondary N) is 2. The summed E-state index contributed by atoms with van der Waals surface area (Å²) < 4.78 is 0. The van der Waals surface area contributed by atoms with Crippen molar-refractivity contribution in [1.29, 1.82) is 0 Å². The third-order valence-corrected chi connectivity index (χ3v) is 4.87. The summed E-state index contributed by atoms with van der Waals surface area (Å²) in [6.07, 6.45) is 5.20. The maximum absolute atomic E-state index is 4.84. The Morgan fingerprint density at radius 2 is 1.84 bits per heavy atom. The summed E-state index contributed by atoms with van der Waals surface area (Å²) in [7, 11) is 2.18. The van der Waals surface area contributed by atoms with Gasteiger partial charge in [0, 0.05) is 25.2 Å². The van der Waals surface area contributed by atoms with Gasteiger partial charge in [-0.15, -0.1) is 24.0 Å². The number of halogens is 1. The molecule has 2 N–H and O–H groups in total. The number of guanidine groups is 1. The smallest absolute Gasteiger partial charge is 0.191 e. The van der Waals surface area contributed by atoms with E-state index in [0.717, 1.165) is 25.6 Å². The zero-order valence-electron chi connectivity index (χ0n) is 16.2. The van der Waals surface area contributed by atoms with Crippen LogP contribution in [-0.2, 0) is 13.1 Å². The van der Waals surface area contributed by atoms with Crippen molar-refractivity contribution < 1.29 is 0 Å². The first-order valence-corrected chi connectivity index (χ1v) is 9.42. The van der Waals surface area contributed by atoms with Crippen LogP contribution in [0.15, 0.2) is 29.3 Å². The largest absolute Gasteiger partial charge is 0.357 e. The predicted molar refractivity (Wildman–Crippen MR) is 119 cm³/mol. The fourth-order valence-corrected chi connectivity index (χ4v) is 3.07. The maximum Gasteiger partial charge on any atom is 0.191 e. The molecule has 0 radical (unpaired) electrons. The van der Waals surface area contributed by atoms with Crippen LogP contribution in [0.1, 0.15) is 57.6 Å². The molecular weight excluding hydrogens is 423 g/mol. The second kappa shape index (κ2) is 11.7. The molecule has 1 saturated carbocycles. The van der Waals surface area contributed by atoms with Crippen LogP contribution in [-0.4, -0.2) is 36.5 Å². The zero-order valence-corrected chi connectivity index (χ0v) is 18.5. The molecule has 1 aliphatic carbocycles. The molecule has 0 bridgehead atoms. The topological polar surface area (TPSA) is 39.7 Å². The molecule has 25 heavy (non-hydrogen) atoms. The van der Waals surface area contributed by atoms with Crippen molar-refractivity contribution in [1.82, 2.24) is 15.5 Å². The lowest BCUT2D eigenvalue weighted by Gasteiger charge is -2.22. The molecule has 0 aromatic heterocycles. The first kappa shape index (κ1) is 22.2. The summed E-state index contributed by atoms with van der Waals surface area (Å²) in [5.41, 5.74) is 2.68. The van der Waals surface area contributed by atoms with Gasteiger partial charge in [-0.2, -0.15) is 0 Å². The van der Waals surface area contributed by atoms with E-state index < -0.39 is 0 Å². The van der Waals surface area contributed by atoms with E-state index in [2.05, 4.69) is 67.6 Å². The summed E-state index contributed by atoms with van der Waals surface area (Å²) in [5.74, 6) is 0.955. The number of hydrogen-bond acceptors (Lipinski definition) is 2. The van der Waals surface area contributed by atoms with Crippen molar-refractivity contribution in [3.05, 3.63) is 35.4 Å². The molecule has 1 fully saturated rings. The van der Waals surface area contributed by atoms with E-state index in [0.29, 0.717) is 12.1 Å². The van der Waals surface area contributed by atoms with Crippen LogP contribution in [0.5, 0.6) is 0 Å². The molecule has 0 saturated heterocycles. The lowest BCUT2D eigenvalue weighted by Crippen LogP contribution is -2.42. The summed E-state index contributed by atoms with van der Waals surface area (Å²) in [6.45, 7) is 9.18. The molecule has 0 aliphatic heterocycles. The molecule has 0 atom stereocenters. The van der Waals surface area contributed by atoms with Gasteiger partial charge in [-0.1, -0.05) is 37.1 Å². The molecule has 4 nitrogen and oxygen atoms in total. The highest BCUT2D eigenvalue weighted by molar-refractivity contribution is 14.0. The molecule has 0 spiro atoms. The van der Waals surface area contributed by atoms with Crippen LogP contribution >= 0.6 is 24.0 Å². The van der Waals surface area contributed by atoms with Crippen molar-refractivity contribution in [3.8, 4) is 0 Å². The first-order chi connectivity index (χ1) is 11.6. The Morgan fingerprint density at radius 3 is 2.44 bits per heavy atom. The highest BCUT2D eigenvalue weighted by Crippen LogP contribution is 2.18. The Morgan fingerprint density at radius 1 is 1.20 bits per heavy atom. The number of benzene rings is 1. The van der Waals surface area contributed by atoms with Gasteiger partial charge < -0.3 is 10.6 Å². The fraction of sp³-hybridized carbons (Fsp3) is 0.650. The number of hydrogen-bond donors (Lipinski definition) is 2. The fourth-order valence-electron chi connectivity index (χ4n) is 3.07. The molecule has 1 aromatic carbocycles. The average Bonchev–Trinajstić information content (AvgIpc) is 3.07. The van der Waals surface area contributed by atoms with E-state index in [9.17, 15) is 0 Å². The molecule has 1 aromatic rings. The van der Waals surface area contributed by atoms with Crippen LogP contribution in [0.4, 0.5) is 0 Å². The monoisotopic (exact) mass is 458 g/mol. The van der Waals surface area contributed by atoms with Gasteiger partial charge in [0.1, 0.15) is 0 Å². The predicted octanol–water partition coefficient (Wildman–Crippen LogP) is 4.14. The van der Waals surface area contributed by atoms with Crippen LogP contribution in [0, 0.1) is 0 Å². The van der Waals surface area contributed by atoms with E-state index >= 15 is 0 Å². The quantitative estimate of drug-likeness (QED) is 0.367. The highest BCUT2D eigenvalue weighted by atomic mass is 127. The first-order valence-electron chi connectivity index (χ1n) is 9.42. The van der Waals surface area contributed by atoms with Gasteiger partial charge >= 0.3 is 0 Å². The summed E-state index contributed by atoms with van der Waals surface area (Å²) in [5, 5.41) is 6.98. The van der Waals surface area contributed by atoms with Gasteiger partial charge in [-0.05, 0) is 51.8 Å². The molecule has 5 heteroatoms. The Balaban J connectivity index is 0.00000312. The van der Waals surface area contributed by atoms with Crippen LogP contribution < -0.4 is 10.6 Å². The van der Waals surface area contributed by atoms with E-state index in [1.165, 1.54) is 36.8 Å². The molecule has 0 heterocycles. The van der Waals surface area contributed by atoms with E-state index in [-0.39, 0.29) is 24.0 Å². The summed E-state index contributed by atoms with van der Waals surface area (Å²) in [4.78, 5) is 7.20. The van der Waals surface area contributed by atoms with E-state index in [1.54, 1.807) is 0 Å². The summed E-state index contributed by atoms with van der Waals surface area (Å²) in [6, 6.07) is 9.79. The Bertz CT molecular complexity index is 524. The highest BCUT2D eigenvalue weighted by Gasteiger charge is 2.16. The van der Waals surface area contributed by atoms with Gasteiger partial charge in [0.2, 0.25) is 0 Å². The van der Waals surface area contributed by atoms with Gasteiger partial charge in [0.25, 0.3) is 0 Å². The molecule has 0 amide bonds. The number of rotatable bonds is 7. The SMILES string of the molecule is CCNC(=NCc1ccccc1CN(C)C(C)C)NC1CCCC1.I. The average molecular weight is 458 g/mol. The normalized spacial score (nSPS) is 15.5. The molecule has 0 unspecified atom stereocenters. The van der Waals surface area contributed by atoms with Crippen molar-refractivity contribution >= 4 is 29.9 Å². The van der Waals surface area contributed by atoms with Crippen molar-refractivity contribution in [2.75, 3.05) is 13.6 Å². The van der Waals surface area contributed by atoms with E-state index in [1.807, 2.05) is 0 Å². The molecule has 2 rings (SSSR count). The maximum atomic E-state index is 4.84. The van der Waals surface area contributed by atoms with Gasteiger partial charge in [0.15, 0.2) is 5.96 Å². The van der Waals surface area contributed by atoms with E-state index in [4.69, 9.17) is 4.99 Å². The van der Waals surface area contributed by atoms with Gasteiger partial charge in [-0.3, -0.25) is 4.90 Å². The molecule has 142 valence electrons. The Labute approximate surface area is 170 Å². The van der Waals surface area contributed by atoms with Gasteiger partial charge in [-0.25, -0.2) is 4.99 Å². The van der Waals surface area contributed by atoms with Crippen LogP contribution in [0.2, 0.25) is 0 Å². The van der Waals surface area contributed by atoms with Crippen LogP contribution in [0.25, 0.3) is 0 Å². The third-order valence-electron chi connectivity index (χ3n) is 4.87. The molecule has 1 aliphatic rings. The second-order valence-corrected chi connectivity index (χ2v) is 7.10. The second-order valence-electron chi connectivity index (χ2n) is 7.10. The minimum atomic E-state index is 0. The Kier molecular flexibility index (Phi) is 10.4. The van der Waals surface area contributed by atoms with Crippen molar-refractivity contribution in [3.63, 3.8) is 0 Å². The minimum absolute atomic E-state index is 0. The van der Waals surface area contributed by atoms with Gasteiger partial charge in [0.05, 0.1) is 6.54 Å². The number of nitrogens with zero attached hydrogens (tertiary/aromatic N) is 2. The van der Waals surface area contributed by atoms with Crippen molar-refractivity contribution in [2.24, 2.45) is 4.99 Å². The van der Waals surface area contributed by atoms with Crippen LogP contribution in [0.3, 0.4) is 0 Å². The van der Waals surface area contributed by atoms with Crippen molar-refractivity contribution in [2.45, 2.75) is 71.6 Å². The molecular formula is C20H35IN4. The Hall–Kier alpha value is -0.820. The lowest BCUT2D eigenvalue weighted by molar-refractivity contribution is 0.265. The zero-order chi connectivity index (χ0) is 17.4. The minimum Gasteiger partial charge on any atom is -0.357 e. The lowest BCUT2D eigenvalue weighted by atomic mass is 10.1. The summed E-state index contributed by atoms with van der Waals surface area (Å²) >= 11 is 0.